The second-order valence-electron chi connectivity index (χ2n) is 0. The Morgan fingerprint density at radius 3 is 1.25 bits per heavy atom. The molecule has 0 amide bonds. The zero-order chi connectivity index (χ0) is 0. The van der Waals surface area contributed by atoms with Gasteiger partial charge in [0.25, 0.3) is 0 Å². The molecular weight excluding hydrogens is 371 g/mol. The van der Waals surface area contributed by atoms with E-state index < -0.39 is 0 Å². The van der Waals surface area contributed by atoms with Crippen LogP contribution in [0.5, 0.6) is 0 Å². The van der Waals surface area contributed by atoms with E-state index in [1.807, 2.05) is 0 Å². The third-order valence-corrected chi connectivity index (χ3v) is 0. The molecule has 0 aliphatic heterocycles. The summed E-state index contributed by atoms with van der Waals surface area (Å²) in [5.41, 5.74) is 0. The van der Waals surface area contributed by atoms with E-state index in [1.165, 1.54) is 0 Å². The van der Waals surface area contributed by atoms with Crippen LogP contribution in [0, 0.1) is 0 Å². The van der Waals surface area contributed by atoms with Crippen LogP contribution in [0.2, 0.25) is 0 Å². The Morgan fingerprint density at radius 2 is 1.25 bits per heavy atom. The van der Waals surface area contributed by atoms with Crippen LogP contribution in [-0.2, 0) is 47.9 Å². The summed E-state index contributed by atoms with van der Waals surface area (Å²) in [5, 5.41) is 0. The Balaban J connectivity index is 0. The van der Waals surface area contributed by atoms with Crippen LogP contribution >= 0.6 is 0 Å². The first-order valence-corrected chi connectivity index (χ1v) is 0. The van der Waals surface area contributed by atoms with Gasteiger partial charge in [-0.1, -0.05) is 0 Å². The third-order valence-electron chi connectivity index (χ3n) is 0. The average molecular weight is 375 g/mol. The molecule has 0 aliphatic rings. The van der Waals surface area contributed by atoms with Gasteiger partial charge in [-0.05, 0) is 0 Å². The normalized spacial score (nSPS) is 0. The summed E-state index contributed by atoms with van der Waals surface area (Å²) in [6, 6.07) is 0. The second kappa shape index (κ2) is 16.3. The maximum atomic E-state index is 0. The minimum absolute atomic E-state index is 0. The molecule has 18 valence electrons. The van der Waals surface area contributed by atoms with Gasteiger partial charge >= 0.3 is 50.4 Å². The van der Waals surface area contributed by atoms with Crippen LogP contribution in [0.1, 0.15) is 2.85 Å². The fraction of sp³-hybridized carbons (Fsp3) is 0. The Labute approximate surface area is 99.1 Å². The van der Waals surface area contributed by atoms with Gasteiger partial charge in [0.1, 0.15) is 0 Å². The minimum Gasteiger partial charge on any atom is 0 e. The Hall–Kier alpha value is 3.29. The Bertz CT molecular complexity index is 13.5. The van der Waals surface area contributed by atoms with Crippen molar-refractivity contribution in [2.45, 2.75) is 0 Å². The van der Waals surface area contributed by atoms with Crippen LogP contribution in [0.4, 0.5) is 0 Å². The third kappa shape index (κ3) is 8.99. The van der Waals surface area contributed by atoms with E-state index in [0.717, 1.165) is 0 Å². The zero-order valence-electron chi connectivity index (χ0n) is 4.41. The number of rotatable bonds is 0. The molecule has 0 atom stereocenters. The van der Waals surface area contributed by atoms with Crippen molar-refractivity contribution in [3.05, 3.63) is 0 Å². The maximum absolute atomic E-state index is 0. The summed E-state index contributed by atoms with van der Waals surface area (Å²) in [4.78, 5) is 0. The summed E-state index contributed by atoms with van der Waals surface area (Å²) in [5.74, 6) is 0. The van der Waals surface area contributed by atoms with Crippen LogP contribution < -0.4 is 0 Å². The quantitative estimate of drug-likeness (QED) is 0.474. The van der Waals surface area contributed by atoms with Crippen molar-refractivity contribution in [3.63, 3.8) is 0 Å². The van der Waals surface area contributed by atoms with Crippen molar-refractivity contribution >= 4 is 50.4 Å². The van der Waals surface area contributed by atoms with Gasteiger partial charge in [0.05, 0.1) is 0 Å². The predicted octanol–water partition coefficient (Wildman–Crippen LogP) is -1.08. The second-order valence-corrected chi connectivity index (χ2v) is 0. The molecule has 4 heavy (non-hydrogen) atoms. The number of hydrogen-bond acceptors (Lipinski definition) is 0. The Kier molecular flexibility index (Phi) is 108. The molecule has 0 nitrogen and oxygen atoms in total. The predicted molar refractivity (Wildman–Crippen MR) is 16.5 cm³/mol. The molecule has 0 bridgehead atoms. The van der Waals surface area contributed by atoms with E-state index in [-0.39, 0.29) is 101 Å². The molecule has 0 N–H and O–H groups in total. The van der Waals surface area contributed by atoms with Gasteiger partial charge in [0.2, 0.25) is 0 Å². The molecular formula is H4MgPbTiZr. The van der Waals surface area contributed by atoms with E-state index in [0.29, 0.717) is 0 Å². The van der Waals surface area contributed by atoms with Gasteiger partial charge in [-0.15, -0.1) is 0 Å². The fourth-order valence-electron chi connectivity index (χ4n) is 0. The average Bonchev–Trinajstić information content (AvgIpc) is 0. The van der Waals surface area contributed by atoms with Crippen molar-refractivity contribution < 1.29 is 50.8 Å². The largest absolute Gasteiger partial charge is 0 e. The Morgan fingerprint density at radius 1 is 1.25 bits per heavy atom. The first-order chi connectivity index (χ1) is 0. The molecule has 0 saturated carbocycles. The molecule has 0 unspecified atom stereocenters. The molecule has 0 spiro atoms. The van der Waals surface area contributed by atoms with Gasteiger partial charge in [0.15, 0.2) is 0 Å². The molecule has 2 radical (unpaired) electrons. The molecule has 0 fully saturated rings. The van der Waals surface area contributed by atoms with Crippen molar-refractivity contribution in [1.82, 2.24) is 0 Å². The summed E-state index contributed by atoms with van der Waals surface area (Å²) < 4.78 is 0. The topological polar surface area (TPSA) is 0 Å². The van der Waals surface area contributed by atoms with E-state index in [9.17, 15) is 0 Å². The molecule has 0 heterocycles. The van der Waals surface area contributed by atoms with Crippen molar-refractivity contribution in [3.8, 4) is 0 Å². The summed E-state index contributed by atoms with van der Waals surface area (Å²) in [6.45, 7) is 0. The molecule has 0 aromatic rings. The van der Waals surface area contributed by atoms with Crippen molar-refractivity contribution in [2.75, 3.05) is 0 Å². The van der Waals surface area contributed by atoms with Gasteiger partial charge in [0, 0.05) is 47.9 Å². The monoisotopic (exact) mass is 374 g/mol. The van der Waals surface area contributed by atoms with E-state index in [2.05, 4.69) is 0 Å². The van der Waals surface area contributed by atoms with Gasteiger partial charge < -0.3 is 2.85 Å². The molecule has 0 saturated heterocycles. The van der Waals surface area contributed by atoms with Gasteiger partial charge in [-0.2, -0.15) is 0 Å². The van der Waals surface area contributed by atoms with E-state index >= 15 is 0 Å². The zero-order valence-corrected chi connectivity index (χ0v) is 13.3. The summed E-state index contributed by atoms with van der Waals surface area (Å²) in [7, 11) is 0. The smallest absolute Gasteiger partial charge is 0 e. The van der Waals surface area contributed by atoms with Crippen molar-refractivity contribution in [1.29, 1.82) is 0 Å². The van der Waals surface area contributed by atoms with Crippen molar-refractivity contribution in [2.24, 2.45) is 0 Å². The molecule has 0 aliphatic carbocycles. The van der Waals surface area contributed by atoms with Gasteiger partial charge in [-0.3, -0.25) is 0 Å². The van der Waals surface area contributed by atoms with Crippen LogP contribution in [0.25, 0.3) is 0 Å². The van der Waals surface area contributed by atoms with Crippen LogP contribution in [0.15, 0.2) is 0 Å². The summed E-state index contributed by atoms with van der Waals surface area (Å²) >= 11 is 0. The molecule has 4 heteroatoms. The maximum Gasteiger partial charge on any atom is 0 e. The van der Waals surface area contributed by atoms with E-state index in [1.54, 1.807) is 0 Å². The number of hydrogen-bond donors (Lipinski definition) is 0. The first kappa shape index (κ1) is 26.7. The molecule has 0 rings (SSSR count). The standard InChI is InChI=1S/Mg.Pb.Ti.Zr.4H/q+2;;;;;;2*-1. The molecule has 0 aromatic carbocycles. The SMILES string of the molecule is [H-].[H-].[Mg+2].[PbH2].[Ti].[Zr]. The first-order valence-electron chi connectivity index (χ1n) is 0. The van der Waals surface area contributed by atoms with Crippen LogP contribution in [-0.4, -0.2) is 50.4 Å². The van der Waals surface area contributed by atoms with Gasteiger partial charge in [-0.25, -0.2) is 0 Å². The van der Waals surface area contributed by atoms with E-state index in [4.69, 9.17) is 0 Å². The minimum atomic E-state index is 0. The fourth-order valence-corrected chi connectivity index (χ4v) is 0. The molecule has 0 aromatic heterocycles. The van der Waals surface area contributed by atoms with Crippen LogP contribution in [0.3, 0.4) is 0 Å². The summed E-state index contributed by atoms with van der Waals surface area (Å²) in [6.07, 6.45) is 0.